The molecule has 1 heterocycles. The van der Waals surface area contributed by atoms with Crippen LogP contribution in [-0.2, 0) is 47.5 Å². The molecule has 0 aromatic heterocycles. The molecule has 5 atom stereocenters. The number of cyclic esters (lactones) is 1. The van der Waals surface area contributed by atoms with Gasteiger partial charge in [-0.1, -0.05) is 0 Å². The normalized spacial score (nSPS) is 25.4. The largest absolute Gasteiger partial charge is 0.467 e. The zero-order valence-electron chi connectivity index (χ0n) is 15.8. The minimum absolute atomic E-state index is 0.0553. The lowest BCUT2D eigenvalue weighted by atomic mass is 9.96. The molecule has 0 aliphatic carbocycles. The van der Waals surface area contributed by atoms with Crippen molar-refractivity contribution in [3.05, 3.63) is 0 Å². The van der Waals surface area contributed by atoms with E-state index >= 15 is 0 Å². The second-order valence-electron chi connectivity index (χ2n) is 5.59. The lowest BCUT2D eigenvalue weighted by molar-refractivity contribution is -0.206. The molecule has 0 radical (unpaired) electrons. The molecule has 0 saturated carbocycles. The smallest absolute Gasteiger partial charge is 0.338 e. The van der Waals surface area contributed by atoms with Crippen LogP contribution in [0.2, 0.25) is 0 Å². The average molecular weight is 380 g/mol. The van der Waals surface area contributed by atoms with E-state index in [-0.39, 0.29) is 20.0 Å². The van der Waals surface area contributed by atoms with Crippen LogP contribution in [0.15, 0.2) is 0 Å². The molecule has 1 fully saturated rings. The molecule has 1 saturated heterocycles. The number of carbonyl (C=O) groups is 2. The van der Waals surface area contributed by atoms with Gasteiger partial charge >= 0.3 is 11.9 Å². The van der Waals surface area contributed by atoms with Crippen LogP contribution in [0.25, 0.3) is 0 Å². The first kappa shape index (κ1) is 22.7. The van der Waals surface area contributed by atoms with Gasteiger partial charge in [0, 0.05) is 41.3 Å². The maximum atomic E-state index is 12.2. The van der Waals surface area contributed by atoms with Crippen molar-refractivity contribution in [1.82, 2.24) is 0 Å². The van der Waals surface area contributed by atoms with E-state index in [1.807, 2.05) is 0 Å². The fourth-order valence-corrected chi connectivity index (χ4v) is 2.68. The van der Waals surface area contributed by atoms with E-state index in [0.717, 1.165) is 0 Å². The molecule has 0 amide bonds. The molecule has 10 nitrogen and oxygen atoms in total. The SMILES string of the molecule is COCO[C@H](C(=O)OC)[C@@H](C[C@@H]1C[C@@H](OC)[C@H](OCOC)C(=O)O1)OC. The Hall–Kier alpha value is -1.30. The maximum absolute atomic E-state index is 12.2. The zero-order valence-corrected chi connectivity index (χ0v) is 15.8. The average Bonchev–Trinajstić information content (AvgIpc) is 2.65. The Morgan fingerprint density at radius 3 is 2.38 bits per heavy atom. The van der Waals surface area contributed by atoms with E-state index in [2.05, 4.69) is 0 Å². The summed E-state index contributed by atoms with van der Waals surface area (Å²) in [4.78, 5) is 24.2. The highest BCUT2D eigenvalue weighted by atomic mass is 16.7. The highest BCUT2D eigenvalue weighted by molar-refractivity contribution is 5.77. The van der Waals surface area contributed by atoms with Gasteiger partial charge in [-0.25, -0.2) is 9.59 Å². The Morgan fingerprint density at radius 2 is 1.85 bits per heavy atom. The van der Waals surface area contributed by atoms with Crippen LogP contribution in [0.4, 0.5) is 0 Å². The van der Waals surface area contributed by atoms with Crippen LogP contribution >= 0.6 is 0 Å². The molecule has 1 aliphatic rings. The van der Waals surface area contributed by atoms with Gasteiger partial charge in [0.1, 0.15) is 19.7 Å². The fraction of sp³-hybridized carbons (Fsp3) is 0.875. The maximum Gasteiger partial charge on any atom is 0.338 e. The summed E-state index contributed by atoms with van der Waals surface area (Å²) in [6, 6.07) is 0. The van der Waals surface area contributed by atoms with Crippen molar-refractivity contribution in [3.63, 3.8) is 0 Å². The third kappa shape index (κ3) is 6.45. The highest BCUT2D eigenvalue weighted by Gasteiger charge is 2.42. The summed E-state index contributed by atoms with van der Waals surface area (Å²) in [6.07, 6.45) is -3.07. The quantitative estimate of drug-likeness (QED) is 0.336. The molecule has 10 heteroatoms. The number of esters is 2. The number of rotatable bonds is 12. The van der Waals surface area contributed by atoms with Crippen molar-refractivity contribution in [2.75, 3.05) is 49.1 Å². The van der Waals surface area contributed by atoms with E-state index in [1.165, 1.54) is 35.5 Å². The van der Waals surface area contributed by atoms with Crippen molar-refractivity contribution < 1.29 is 47.5 Å². The Kier molecular flexibility index (Phi) is 10.6. The fourth-order valence-electron chi connectivity index (χ4n) is 2.68. The second kappa shape index (κ2) is 12.2. The van der Waals surface area contributed by atoms with Gasteiger partial charge in [0.25, 0.3) is 0 Å². The Bertz CT molecular complexity index is 429. The minimum atomic E-state index is -1.02. The van der Waals surface area contributed by atoms with Gasteiger partial charge in [0.15, 0.2) is 12.2 Å². The van der Waals surface area contributed by atoms with Crippen LogP contribution < -0.4 is 0 Å². The molecule has 152 valence electrons. The van der Waals surface area contributed by atoms with Gasteiger partial charge in [0.05, 0.1) is 19.3 Å². The van der Waals surface area contributed by atoms with E-state index < -0.39 is 42.5 Å². The van der Waals surface area contributed by atoms with Crippen molar-refractivity contribution in [2.45, 2.75) is 43.4 Å². The summed E-state index contributed by atoms with van der Waals surface area (Å²) in [6.45, 7) is -0.169. The van der Waals surface area contributed by atoms with Crippen LogP contribution in [-0.4, -0.2) is 91.6 Å². The number of hydrogen-bond acceptors (Lipinski definition) is 10. The monoisotopic (exact) mass is 380 g/mol. The van der Waals surface area contributed by atoms with E-state index in [4.69, 9.17) is 37.9 Å². The standard InChI is InChI=1S/C16H28O10/c1-19-8-24-13(15(17)23-5)11(21-3)6-10-7-12(22-4)14(16(18)26-10)25-9-20-2/h10-14H,6-9H2,1-5H3/t10-,11-,12-,13+,14+/m1/s1. The van der Waals surface area contributed by atoms with Gasteiger partial charge in [-0.05, 0) is 0 Å². The molecule has 0 aromatic carbocycles. The summed E-state index contributed by atoms with van der Waals surface area (Å²) in [5.74, 6) is -1.17. The lowest BCUT2D eigenvalue weighted by Gasteiger charge is -2.35. The third-order valence-corrected chi connectivity index (χ3v) is 3.95. The van der Waals surface area contributed by atoms with Crippen molar-refractivity contribution in [2.24, 2.45) is 0 Å². The van der Waals surface area contributed by atoms with Gasteiger partial charge in [-0.15, -0.1) is 0 Å². The Labute approximate surface area is 152 Å². The molecule has 0 N–H and O–H groups in total. The van der Waals surface area contributed by atoms with Crippen LogP contribution in [0.5, 0.6) is 0 Å². The Morgan fingerprint density at radius 1 is 1.15 bits per heavy atom. The number of methoxy groups -OCH3 is 5. The van der Waals surface area contributed by atoms with Crippen LogP contribution in [0.1, 0.15) is 12.8 Å². The molecular weight excluding hydrogens is 352 g/mol. The van der Waals surface area contributed by atoms with Crippen molar-refractivity contribution >= 4 is 11.9 Å². The molecule has 0 spiro atoms. The molecule has 0 unspecified atom stereocenters. The summed E-state index contributed by atoms with van der Waals surface area (Å²) < 4.78 is 41.2. The summed E-state index contributed by atoms with van der Waals surface area (Å²) >= 11 is 0. The number of ether oxygens (including phenoxy) is 8. The molecule has 1 aliphatic heterocycles. The van der Waals surface area contributed by atoms with E-state index in [0.29, 0.717) is 6.42 Å². The first-order chi connectivity index (χ1) is 12.5. The summed E-state index contributed by atoms with van der Waals surface area (Å²) in [5.41, 5.74) is 0. The molecular formula is C16H28O10. The van der Waals surface area contributed by atoms with Crippen LogP contribution in [0, 0.1) is 0 Å². The topological polar surface area (TPSA) is 108 Å². The van der Waals surface area contributed by atoms with E-state index in [9.17, 15) is 9.59 Å². The predicted octanol–water partition coefficient (Wildman–Crippen LogP) is -0.127. The van der Waals surface area contributed by atoms with Crippen LogP contribution in [0.3, 0.4) is 0 Å². The number of hydrogen-bond donors (Lipinski definition) is 0. The minimum Gasteiger partial charge on any atom is -0.467 e. The van der Waals surface area contributed by atoms with Gasteiger partial charge in [-0.3, -0.25) is 0 Å². The first-order valence-corrected chi connectivity index (χ1v) is 8.07. The first-order valence-electron chi connectivity index (χ1n) is 8.07. The molecule has 0 aromatic rings. The lowest BCUT2D eigenvalue weighted by Crippen LogP contribution is -2.50. The molecule has 0 bridgehead atoms. The van der Waals surface area contributed by atoms with Crippen molar-refractivity contribution in [3.8, 4) is 0 Å². The second-order valence-corrected chi connectivity index (χ2v) is 5.59. The highest BCUT2D eigenvalue weighted by Crippen LogP contribution is 2.25. The van der Waals surface area contributed by atoms with Gasteiger partial charge in [-0.2, -0.15) is 0 Å². The zero-order chi connectivity index (χ0) is 19.5. The third-order valence-electron chi connectivity index (χ3n) is 3.95. The summed E-state index contributed by atoms with van der Waals surface area (Å²) in [5, 5.41) is 0. The summed E-state index contributed by atoms with van der Waals surface area (Å²) in [7, 11) is 7.05. The van der Waals surface area contributed by atoms with Gasteiger partial charge in [0.2, 0.25) is 0 Å². The predicted molar refractivity (Wildman–Crippen MR) is 86.2 cm³/mol. The van der Waals surface area contributed by atoms with E-state index in [1.54, 1.807) is 0 Å². The Balaban J connectivity index is 2.77. The molecule has 26 heavy (non-hydrogen) atoms. The van der Waals surface area contributed by atoms with Gasteiger partial charge < -0.3 is 37.9 Å². The van der Waals surface area contributed by atoms with Crippen molar-refractivity contribution in [1.29, 1.82) is 0 Å². The molecule has 1 rings (SSSR count). The number of carbonyl (C=O) groups excluding carboxylic acids is 2.